The third kappa shape index (κ3) is 8.34. The van der Waals surface area contributed by atoms with E-state index in [-0.39, 0.29) is 12.3 Å². The lowest BCUT2D eigenvalue weighted by atomic mass is 10.2. The average molecular weight is 639 g/mol. The highest BCUT2D eigenvalue weighted by Crippen LogP contribution is 2.32. The van der Waals surface area contributed by atoms with E-state index in [0.29, 0.717) is 45.2 Å². The molecule has 0 saturated heterocycles. The van der Waals surface area contributed by atoms with Crippen LogP contribution in [0.25, 0.3) is 5.69 Å². The monoisotopic (exact) mass is 637 g/mol. The summed E-state index contributed by atoms with van der Waals surface area (Å²) in [7, 11) is 1.27. The maximum Gasteiger partial charge on any atom is 0.417 e. The van der Waals surface area contributed by atoms with E-state index in [4.69, 9.17) is 39.1 Å². The SMILES string of the molecule is C#CCOc1cc(-n2nc3n(c2=O)CCCC3)c(Cl)cc1Cl.COC(=O)Nc1cccc(OC(=O)Nc2cccc(C)c2)c1. The Kier molecular flexibility index (Phi) is 10.9. The number of aromatic nitrogens is 3. The number of amides is 2. The molecule has 0 atom stereocenters. The van der Waals surface area contributed by atoms with E-state index in [9.17, 15) is 14.4 Å². The number of ether oxygens (including phenoxy) is 3. The van der Waals surface area contributed by atoms with Gasteiger partial charge in [-0.05, 0) is 55.7 Å². The fourth-order valence-corrected chi connectivity index (χ4v) is 4.76. The summed E-state index contributed by atoms with van der Waals surface area (Å²) in [4.78, 5) is 35.4. The van der Waals surface area contributed by atoms with Gasteiger partial charge in [0.2, 0.25) is 0 Å². The standard InChI is InChI=1S/C16H16N2O4.C15H13Cl2N3O2/c1-11-5-3-6-12(9-11)18-16(20)22-14-8-4-7-13(10-14)17-15(19)21-2;1-2-7-22-13-9-12(10(16)8-11(13)17)20-15(21)19-6-4-3-5-14(19)18-20/h3-10H,1-2H3,(H,17,19)(H,18,20);1,8-9H,3-7H2. The number of aryl methyl sites for hydroxylation is 2. The molecule has 228 valence electrons. The van der Waals surface area contributed by atoms with Gasteiger partial charge in [-0.15, -0.1) is 11.5 Å². The van der Waals surface area contributed by atoms with Crippen molar-refractivity contribution in [1.29, 1.82) is 0 Å². The molecule has 0 radical (unpaired) electrons. The van der Waals surface area contributed by atoms with Crippen LogP contribution in [-0.4, -0.2) is 40.3 Å². The minimum Gasteiger partial charge on any atom is -0.479 e. The Balaban J connectivity index is 0.000000201. The third-order valence-corrected chi connectivity index (χ3v) is 6.85. The smallest absolute Gasteiger partial charge is 0.417 e. The van der Waals surface area contributed by atoms with E-state index in [1.54, 1.807) is 34.9 Å². The maximum absolute atomic E-state index is 12.5. The summed E-state index contributed by atoms with van der Waals surface area (Å²) in [6.45, 7) is 2.69. The van der Waals surface area contributed by atoms with Gasteiger partial charge >= 0.3 is 17.9 Å². The van der Waals surface area contributed by atoms with Crippen molar-refractivity contribution in [2.75, 3.05) is 24.4 Å². The second kappa shape index (κ2) is 15.0. The van der Waals surface area contributed by atoms with Crippen molar-refractivity contribution in [3.8, 4) is 29.5 Å². The number of anilines is 2. The highest BCUT2D eigenvalue weighted by atomic mass is 35.5. The van der Waals surface area contributed by atoms with Gasteiger partial charge in [0.25, 0.3) is 0 Å². The van der Waals surface area contributed by atoms with E-state index < -0.39 is 12.2 Å². The molecular weight excluding hydrogens is 609 g/mol. The molecule has 4 aromatic rings. The minimum absolute atomic E-state index is 0.0788. The van der Waals surface area contributed by atoms with Gasteiger partial charge in [0, 0.05) is 36.5 Å². The van der Waals surface area contributed by atoms with Crippen molar-refractivity contribution >= 4 is 46.8 Å². The quantitative estimate of drug-likeness (QED) is 0.232. The summed E-state index contributed by atoms with van der Waals surface area (Å²) in [5, 5.41) is 10.2. The van der Waals surface area contributed by atoms with Crippen LogP contribution < -0.4 is 25.8 Å². The first kappa shape index (κ1) is 32.0. The van der Waals surface area contributed by atoms with Crippen LogP contribution in [0.1, 0.15) is 24.2 Å². The fourth-order valence-electron chi connectivity index (χ4n) is 4.25. The van der Waals surface area contributed by atoms with Gasteiger partial charge < -0.3 is 14.2 Å². The van der Waals surface area contributed by atoms with E-state index in [2.05, 4.69) is 26.4 Å². The molecule has 1 aliphatic heterocycles. The minimum atomic E-state index is -0.610. The Labute approximate surface area is 263 Å². The van der Waals surface area contributed by atoms with E-state index >= 15 is 0 Å². The number of hydrogen-bond acceptors (Lipinski definition) is 7. The topological polar surface area (TPSA) is 126 Å². The first-order valence-electron chi connectivity index (χ1n) is 13.4. The first-order chi connectivity index (χ1) is 21.2. The first-order valence-corrected chi connectivity index (χ1v) is 14.2. The molecule has 0 saturated carbocycles. The number of hydrogen-bond donors (Lipinski definition) is 2. The summed E-state index contributed by atoms with van der Waals surface area (Å²) < 4.78 is 18.0. The molecule has 2 amide bonds. The molecule has 1 aliphatic rings. The molecule has 1 aromatic heterocycles. The molecule has 2 heterocycles. The number of carbonyl (C=O) groups is 2. The van der Waals surface area contributed by atoms with Gasteiger partial charge in [0.1, 0.15) is 23.9 Å². The molecule has 0 spiro atoms. The van der Waals surface area contributed by atoms with Gasteiger partial charge in [-0.2, -0.15) is 4.68 Å². The molecule has 3 aromatic carbocycles. The van der Waals surface area contributed by atoms with Gasteiger partial charge in [-0.25, -0.2) is 14.4 Å². The zero-order valence-corrected chi connectivity index (χ0v) is 25.4. The number of carbonyl (C=O) groups excluding carboxylic acids is 2. The van der Waals surface area contributed by atoms with Gasteiger partial charge in [0.15, 0.2) is 0 Å². The van der Waals surface area contributed by atoms with Crippen LogP contribution in [0.4, 0.5) is 21.0 Å². The lowest BCUT2D eigenvalue weighted by molar-refractivity contribution is 0.187. The molecular formula is C31H29Cl2N5O6. The summed E-state index contributed by atoms with van der Waals surface area (Å²) >= 11 is 12.3. The van der Waals surface area contributed by atoms with Crippen molar-refractivity contribution in [2.45, 2.75) is 32.7 Å². The number of fused-ring (bicyclic) bond motifs is 1. The molecule has 2 N–H and O–H groups in total. The normalized spacial score (nSPS) is 11.6. The van der Waals surface area contributed by atoms with Crippen molar-refractivity contribution in [1.82, 2.24) is 14.3 Å². The zero-order valence-electron chi connectivity index (χ0n) is 23.9. The lowest BCUT2D eigenvalue weighted by Crippen LogP contribution is -2.26. The molecule has 11 nitrogen and oxygen atoms in total. The number of halogens is 2. The largest absolute Gasteiger partial charge is 0.479 e. The van der Waals surface area contributed by atoms with Crippen LogP contribution in [-0.2, 0) is 17.7 Å². The van der Waals surface area contributed by atoms with Crippen LogP contribution in [0.2, 0.25) is 10.0 Å². The van der Waals surface area contributed by atoms with Crippen molar-refractivity contribution in [3.63, 3.8) is 0 Å². The van der Waals surface area contributed by atoms with E-state index in [1.165, 1.54) is 23.9 Å². The van der Waals surface area contributed by atoms with Gasteiger partial charge in [-0.1, -0.05) is 47.3 Å². The Morgan fingerprint density at radius 2 is 1.73 bits per heavy atom. The van der Waals surface area contributed by atoms with Crippen molar-refractivity contribution in [3.05, 3.63) is 92.6 Å². The number of methoxy groups -OCH3 is 1. The Bertz CT molecular complexity index is 1760. The molecule has 0 bridgehead atoms. The Morgan fingerprint density at radius 3 is 2.43 bits per heavy atom. The zero-order chi connectivity index (χ0) is 31.6. The molecule has 0 aliphatic carbocycles. The molecule has 5 rings (SSSR count). The van der Waals surface area contributed by atoms with Crippen LogP contribution in [0.5, 0.6) is 11.5 Å². The predicted molar refractivity (Wildman–Crippen MR) is 168 cm³/mol. The van der Waals surface area contributed by atoms with Crippen LogP contribution in [0, 0.1) is 19.3 Å². The van der Waals surface area contributed by atoms with Crippen molar-refractivity contribution in [2.24, 2.45) is 0 Å². The average Bonchev–Trinajstić information content (AvgIpc) is 3.33. The van der Waals surface area contributed by atoms with E-state index in [0.717, 1.165) is 30.7 Å². The van der Waals surface area contributed by atoms with Crippen LogP contribution in [0.3, 0.4) is 0 Å². The second-order valence-corrected chi connectivity index (χ2v) is 10.3. The number of nitrogens with zero attached hydrogens (tertiary/aromatic N) is 3. The molecule has 13 heteroatoms. The van der Waals surface area contributed by atoms with Crippen LogP contribution >= 0.6 is 23.2 Å². The van der Waals surface area contributed by atoms with E-state index in [1.807, 2.05) is 25.1 Å². The predicted octanol–water partition coefficient (Wildman–Crippen LogP) is 6.47. The highest BCUT2D eigenvalue weighted by Gasteiger charge is 2.20. The molecule has 44 heavy (non-hydrogen) atoms. The third-order valence-electron chi connectivity index (χ3n) is 6.25. The molecule has 0 fully saturated rings. The van der Waals surface area contributed by atoms with Gasteiger partial charge in [0.05, 0.1) is 22.8 Å². The Hall–Kier alpha value is -4.92. The van der Waals surface area contributed by atoms with Crippen LogP contribution in [0.15, 0.2) is 65.5 Å². The number of terminal acetylenes is 1. The summed E-state index contributed by atoms with van der Waals surface area (Å²) in [6.07, 6.45) is 6.76. The van der Waals surface area contributed by atoms with Gasteiger partial charge in [-0.3, -0.25) is 15.2 Å². The van der Waals surface area contributed by atoms with Crippen molar-refractivity contribution < 1.29 is 23.8 Å². The summed E-state index contributed by atoms with van der Waals surface area (Å²) in [5.74, 6) is 3.81. The highest BCUT2D eigenvalue weighted by molar-refractivity contribution is 6.36. The molecule has 0 unspecified atom stereocenters. The number of nitrogens with one attached hydrogen (secondary N) is 2. The lowest BCUT2D eigenvalue weighted by Gasteiger charge is -2.09. The summed E-state index contributed by atoms with van der Waals surface area (Å²) in [5.41, 5.74) is 2.37. The fraction of sp³-hybridized carbons (Fsp3) is 0.226. The Morgan fingerprint density at radius 1 is 1.00 bits per heavy atom. The number of benzene rings is 3. The maximum atomic E-state index is 12.5. The number of rotatable bonds is 6. The second-order valence-electron chi connectivity index (χ2n) is 9.47. The summed E-state index contributed by atoms with van der Waals surface area (Å²) in [6, 6.07) is 16.9.